The molecule has 0 atom stereocenters. The first-order valence-electron chi connectivity index (χ1n) is 7.37. The lowest BCUT2D eigenvalue weighted by molar-refractivity contribution is 0.0421. The molecule has 4 aromatic heterocycles. The Morgan fingerprint density at radius 3 is 3.04 bits per heavy atom. The highest BCUT2D eigenvalue weighted by atomic mass is 32.1. The summed E-state index contributed by atoms with van der Waals surface area (Å²) in [7, 11) is 0. The third kappa shape index (κ3) is 3.50. The van der Waals surface area contributed by atoms with Crippen LogP contribution in [0.1, 0.15) is 22.1 Å². The lowest BCUT2D eigenvalue weighted by Crippen LogP contribution is -2.05. The van der Waals surface area contributed by atoms with E-state index in [-0.39, 0.29) is 12.4 Å². The number of thiophene rings is 1. The van der Waals surface area contributed by atoms with Gasteiger partial charge in [-0.25, -0.2) is 4.79 Å². The molecule has 25 heavy (non-hydrogen) atoms. The summed E-state index contributed by atoms with van der Waals surface area (Å²) in [6.45, 7) is 0.345. The minimum atomic E-state index is -0.589. The second kappa shape index (κ2) is 6.73. The smallest absolute Gasteiger partial charge is 0.374 e. The molecule has 0 amide bonds. The molecule has 0 N–H and O–H groups in total. The maximum absolute atomic E-state index is 12.0. The van der Waals surface area contributed by atoms with E-state index in [0.29, 0.717) is 24.0 Å². The van der Waals surface area contributed by atoms with Gasteiger partial charge < -0.3 is 13.7 Å². The van der Waals surface area contributed by atoms with Crippen molar-refractivity contribution < 1.29 is 18.5 Å². The molecule has 0 aromatic carbocycles. The average molecular weight is 356 g/mol. The van der Waals surface area contributed by atoms with Gasteiger partial charge in [-0.05, 0) is 29.6 Å². The van der Waals surface area contributed by atoms with Crippen LogP contribution in [-0.2, 0) is 17.9 Å². The Morgan fingerprint density at radius 2 is 2.24 bits per heavy atom. The van der Waals surface area contributed by atoms with Crippen LogP contribution < -0.4 is 0 Å². The van der Waals surface area contributed by atoms with Crippen LogP contribution in [0.4, 0.5) is 0 Å². The fourth-order valence-corrected chi connectivity index (χ4v) is 2.78. The first-order valence-corrected chi connectivity index (χ1v) is 8.25. The molecule has 0 unspecified atom stereocenters. The Morgan fingerprint density at radius 1 is 1.28 bits per heavy atom. The van der Waals surface area contributed by atoms with Gasteiger partial charge >= 0.3 is 5.97 Å². The summed E-state index contributed by atoms with van der Waals surface area (Å²) in [5.74, 6) is 0.828. The van der Waals surface area contributed by atoms with Crippen LogP contribution in [0.5, 0.6) is 0 Å². The van der Waals surface area contributed by atoms with E-state index in [1.54, 1.807) is 23.0 Å². The van der Waals surface area contributed by atoms with Crippen molar-refractivity contribution in [2.45, 2.75) is 13.2 Å². The summed E-state index contributed by atoms with van der Waals surface area (Å²) in [5.41, 5.74) is 0. The molecule has 126 valence electrons. The molecule has 4 rings (SSSR count). The first-order chi connectivity index (χ1) is 12.3. The number of hydrogen-bond donors (Lipinski definition) is 0. The molecule has 4 aromatic rings. The zero-order chi connectivity index (χ0) is 17.1. The Hall–Kier alpha value is -3.20. The molecule has 0 aliphatic rings. The summed E-state index contributed by atoms with van der Waals surface area (Å²) >= 11 is 1.49. The predicted molar refractivity (Wildman–Crippen MR) is 86.8 cm³/mol. The first kappa shape index (κ1) is 15.3. The van der Waals surface area contributed by atoms with Crippen LogP contribution in [0.3, 0.4) is 0 Å². The number of furan rings is 1. The fraction of sp³-hybridized carbons (Fsp3) is 0.125. The molecule has 0 aliphatic carbocycles. The maximum atomic E-state index is 12.0. The van der Waals surface area contributed by atoms with Crippen LogP contribution >= 0.6 is 11.3 Å². The third-order valence-electron chi connectivity index (χ3n) is 3.27. The molecule has 0 saturated carbocycles. The number of nitrogens with zero attached hydrogens (tertiary/aromatic N) is 4. The zero-order valence-corrected chi connectivity index (χ0v) is 13.7. The number of rotatable bonds is 6. The highest BCUT2D eigenvalue weighted by molar-refractivity contribution is 7.13. The molecular formula is C16H12N4O4S. The SMILES string of the molecule is O=C(OCc1noc(-c2cccs2)n1)c1ccc(Cn2cccn2)o1. The summed E-state index contributed by atoms with van der Waals surface area (Å²) in [5, 5.41) is 9.79. The number of esters is 1. The quantitative estimate of drug-likeness (QED) is 0.490. The van der Waals surface area contributed by atoms with Crippen LogP contribution in [0.15, 0.2) is 57.0 Å². The van der Waals surface area contributed by atoms with Crippen LogP contribution in [0.25, 0.3) is 10.8 Å². The van der Waals surface area contributed by atoms with Gasteiger partial charge in [0.15, 0.2) is 6.61 Å². The number of ether oxygens (including phenoxy) is 1. The molecule has 9 heteroatoms. The molecule has 8 nitrogen and oxygen atoms in total. The lowest BCUT2D eigenvalue weighted by atomic mass is 10.4. The van der Waals surface area contributed by atoms with E-state index in [1.807, 2.05) is 29.8 Å². The van der Waals surface area contributed by atoms with Gasteiger partial charge in [-0.2, -0.15) is 10.1 Å². The summed E-state index contributed by atoms with van der Waals surface area (Å²) in [6, 6.07) is 8.85. The van der Waals surface area contributed by atoms with Crippen molar-refractivity contribution in [3.8, 4) is 10.8 Å². The molecular weight excluding hydrogens is 344 g/mol. The number of aromatic nitrogens is 4. The van der Waals surface area contributed by atoms with Gasteiger partial charge in [0.2, 0.25) is 11.6 Å². The van der Waals surface area contributed by atoms with Crippen molar-refractivity contribution in [2.75, 3.05) is 0 Å². The largest absolute Gasteiger partial charge is 0.452 e. The minimum Gasteiger partial charge on any atom is -0.452 e. The van der Waals surface area contributed by atoms with Crippen molar-refractivity contribution in [1.82, 2.24) is 19.9 Å². The van der Waals surface area contributed by atoms with Crippen molar-refractivity contribution in [3.05, 3.63) is 65.5 Å². The minimum absolute atomic E-state index is 0.0943. The monoisotopic (exact) mass is 356 g/mol. The van der Waals surface area contributed by atoms with Gasteiger partial charge in [-0.3, -0.25) is 4.68 Å². The lowest BCUT2D eigenvalue weighted by Gasteiger charge is -1.99. The maximum Gasteiger partial charge on any atom is 0.374 e. The van der Waals surface area contributed by atoms with E-state index < -0.39 is 5.97 Å². The Bertz CT molecular complexity index is 956. The van der Waals surface area contributed by atoms with E-state index in [9.17, 15) is 4.79 Å². The van der Waals surface area contributed by atoms with Gasteiger partial charge in [0.1, 0.15) is 5.76 Å². The topological polar surface area (TPSA) is 96.2 Å². The van der Waals surface area contributed by atoms with Gasteiger partial charge in [-0.15, -0.1) is 11.3 Å². The van der Waals surface area contributed by atoms with Crippen LogP contribution in [0.2, 0.25) is 0 Å². The number of carbonyl (C=O) groups excluding carboxylic acids is 1. The van der Waals surface area contributed by atoms with E-state index in [0.717, 1.165) is 4.88 Å². The van der Waals surface area contributed by atoms with Gasteiger partial charge in [0, 0.05) is 12.4 Å². The Labute approximate surface area is 145 Å². The van der Waals surface area contributed by atoms with Crippen molar-refractivity contribution >= 4 is 17.3 Å². The van der Waals surface area contributed by atoms with Gasteiger partial charge in [0.05, 0.1) is 11.4 Å². The second-order valence-electron chi connectivity index (χ2n) is 5.04. The summed E-state index contributed by atoms with van der Waals surface area (Å²) < 4.78 is 17.5. The number of hydrogen-bond acceptors (Lipinski definition) is 8. The standard InChI is InChI=1S/C16H12N4O4S/c21-16(12-5-4-11(23-12)9-20-7-2-6-17-20)22-10-14-18-15(24-19-14)13-3-1-8-25-13/h1-8H,9-10H2. The highest BCUT2D eigenvalue weighted by Crippen LogP contribution is 2.22. The molecule has 4 heterocycles. The van der Waals surface area contributed by atoms with E-state index in [4.69, 9.17) is 13.7 Å². The Kier molecular flexibility index (Phi) is 4.13. The molecule has 0 spiro atoms. The van der Waals surface area contributed by atoms with E-state index in [1.165, 1.54) is 11.3 Å². The third-order valence-corrected chi connectivity index (χ3v) is 4.13. The molecule has 0 fully saturated rings. The highest BCUT2D eigenvalue weighted by Gasteiger charge is 2.16. The zero-order valence-electron chi connectivity index (χ0n) is 12.9. The summed E-state index contributed by atoms with van der Waals surface area (Å²) in [4.78, 5) is 17.1. The average Bonchev–Trinajstić information content (AvgIpc) is 3.39. The number of carbonyl (C=O) groups is 1. The van der Waals surface area contributed by atoms with Crippen LogP contribution in [0, 0.1) is 0 Å². The second-order valence-corrected chi connectivity index (χ2v) is 5.99. The van der Waals surface area contributed by atoms with Crippen molar-refractivity contribution in [1.29, 1.82) is 0 Å². The van der Waals surface area contributed by atoms with Crippen molar-refractivity contribution in [2.24, 2.45) is 0 Å². The molecule has 0 bridgehead atoms. The predicted octanol–water partition coefficient (Wildman–Crippen LogP) is 2.99. The summed E-state index contributed by atoms with van der Waals surface area (Å²) in [6.07, 6.45) is 3.48. The molecule has 0 radical (unpaired) electrons. The van der Waals surface area contributed by atoms with E-state index >= 15 is 0 Å². The fourth-order valence-electron chi connectivity index (χ4n) is 2.14. The Balaban J connectivity index is 1.35. The molecule has 0 saturated heterocycles. The van der Waals surface area contributed by atoms with Gasteiger partial charge in [0.25, 0.3) is 5.89 Å². The normalized spacial score (nSPS) is 10.9. The van der Waals surface area contributed by atoms with Crippen LogP contribution in [-0.4, -0.2) is 25.9 Å². The van der Waals surface area contributed by atoms with Crippen molar-refractivity contribution in [3.63, 3.8) is 0 Å². The molecule has 0 aliphatic heterocycles. The van der Waals surface area contributed by atoms with E-state index in [2.05, 4.69) is 15.2 Å². The van der Waals surface area contributed by atoms with Gasteiger partial charge in [-0.1, -0.05) is 11.2 Å².